The van der Waals surface area contributed by atoms with Gasteiger partial charge in [0, 0.05) is 35.7 Å². The zero-order valence-corrected chi connectivity index (χ0v) is 16.5. The van der Waals surface area contributed by atoms with E-state index in [4.69, 9.17) is 4.98 Å². The van der Waals surface area contributed by atoms with Crippen LogP contribution in [0.25, 0.3) is 33.7 Å². The Morgan fingerprint density at radius 3 is 2.23 bits per heavy atom. The lowest BCUT2D eigenvalue weighted by Gasteiger charge is -2.12. The van der Waals surface area contributed by atoms with Crippen LogP contribution in [0.1, 0.15) is 5.56 Å². The number of fused-ring (bicyclic) bond motifs is 1. The summed E-state index contributed by atoms with van der Waals surface area (Å²) in [4.78, 5) is 37.3. The van der Waals surface area contributed by atoms with Crippen LogP contribution < -0.4 is 11.0 Å². The van der Waals surface area contributed by atoms with Crippen molar-refractivity contribution in [3.63, 3.8) is 0 Å². The molecule has 3 heterocycles. The van der Waals surface area contributed by atoms with Gasteiger partial charge in [-0.3, -0.25) is 9.59 Å². The van der Waals surface area contributed by atoms with Crippen molar-refractivity contribution in [1.29, 1.82) is 0 Å². The highest BCUT2D eigenvalue weighted by molar-refractivity contribution is 5.84. The van der Waals surface area contributed by atoms with E-state index in [0.717, 1.165) is 11.1 Å². The first-order chi connectivity index (χ1) is 15.2. The minimum atomic E-state index is -0.209. The molecular formula is C25H18N4O2. The first kappa shape index (κ1) is 18.7. The molecule has 31 heavy (non-hydrogen) atoms. The summed E-state index contributed by atoms with van der Waals surface area (Å²) in [6.07, 6.45) is 3.34. The Labute approximate surface area is 177 Å². The second kappa shape index (κ2) is 7.84. The van der Waals surface area contributed by atoms with Crippen LogP contribution in [0.4, 0.5) is 0 Å². The van der Waals surface area contributed by atoms with Gasteiger partial charge in [0.1, 0.15) is 0 Å². The van der Waals surface area contributed by atoms with Gasteiger partial charge in [-0.1, -0.05) is 60.7 Å². The van der Waals surface area contributed by atoms with E-state index < -0.39 is 0 Å². The van der Waals surface area contributed by atoms with Crippen molar-refractivity contribution in [2.75, 3.05) is 0 Å². The Morgan fingerprint density at radius 1 is 0.742 bits per heavy atom. The van der Waals surface area contributed by atoms with Crippen LogP contribution in [0.15, 0.2) is 101 Å². The van der Waals surface area contributed by atoms with Gasteiger partial charge >= 0.3 is 0 Å². The zero-order valence-electron chi connectivity index (χ0n) is 16.5. The number of aromatic nitrogens is 4. The molecule has 3 aromatic heterocycles. The highest BCUT2D eigenvalue weighted by Crippen LogP contribution is 2.29. The van der Waals surface area contributed by atoms with Gasteiger partial charge in [0.2, 0.25) is 5.43 Å². The van der Waals surface area contributed by atoms with Crippen molar-refractivity contribution in [1.82, 2.24) is 19.5 Å². The molecule has 5 rings (SSSR count). The van der Waals surface area contributed by atoms with Gasteiger partial charge in [-0.05, 0) is 11.6 Å². The molecule has 0 unspecified atom stereocenters. The van der Waals surface area contributed by atoms with Crippen molar-refractivity contribution in [3.8, 4) is 22.5 Å². The molecule has 0 spiro atoms. The Morgan fingerprint density at radius 2 is 1.45 bits per heavy atom. The molecule has 0 bridgehead atoms. The quantitative estimate of drug-likeness (QED) is 0.491. The van der Waals surface area contributed by atoms with Crippen LogP contribution in [0.2, 0.25) is 0 Å². The van der Waals surface area contributed by atoms with E-state index in [-0.39, 0.29) is 16.5 Å². The molecule has 0 aliphatic heterocycles. The van der Waals surface area contributed by atoms with E-state index in [1.54, 1.807) is 23.0 Å². The molecule has 0 fully saturated rings. The number of hydrogen-bond acceptors (Lipinski definition) is 4. The average molecular weight is 406 g/mol. The first-order valence-electron chi connectivity index (χ1n) is 9.89. The van der Waals surface area contributed by atoms with E-state index in [0.29, 0.717) is 29.1 Å². The minimum absolute atomic E-state index is 0.111. The van der Waals surface area contributed by atoms with Crippen molar-refractivity contribution < 1.29 is 0 Å². The van der Waals surface area contributed by atoms with Gasteiger partial charge in [0.15, 0.2) is 11.2 Å². The summed E-state index contributed by atoms with van der Waals surface area (Å²) in [6, 6.07) is 24.1. The van der Waals surface area contributed by atoms with E-state index >= 15 is 0 Å². The third-order valence-corrected chi connectivity index (χ3v) is 5.08. The zero-order chi connectivity index (χ0) is 21.2. The number of pyridine rings is 2. The highest BCUT2D eigenvalue weighted by Gasteiger charge is 2.15. The Kier molecular flexibility index (Phi) is 4.72. The minimum Gasteiger partial charge on any atom is -0.345 e. The smallest absolute Gasteiger partial charge is 0.250 e. The van der Waals surface area contributed by atoms with Crippen LogP contribution >= 0.6 is 0 Å². The van der Waals surface area contributed by atoms with Crippen molar-refractivity contribution in [2.45, 2.75) is 6.54 Å². The highest BCUT2D eigenvalue weighted by atomic mass is 16.1. The summed E-state index contributed by atoms with van der Waals surface area (Å²) in [5.41, 5.74) is 4.17. The molecule has 150 valence electrons. The number of rotatable bonds is 4. The second-order valence-corrected chi connectivity index (χ2v) is 7.20. The first-order valence-corrected chi connectivity index (χ1v) is 9.89. The van der Waals surface area contributed by atoms with Gasteiger partial charge in [-0.15, -0.1) is 0 Å². The van der Waals surface area contributed by atoms with Gasteiger partial charge in [0.05, 0.1) is 17.9 Å². The molecule has 1 N–H and O–H groups in total. The number of nitrogens with zero attached hydrogens (tertiary/aromatic N) is 3. The maximum absolute atomic E-state index is 12.5. The molecular weight excluding hydrogens is 388 g/mol. The van der Waals surface area contributed by atoms with Gasteiger partial charge in [-0.25, -0.2) is 9.97 Å². The lowest BCUT2D eigenvalue weighted by molar-refractivity contribution is 0.760. The lowest BCUT2D eigenvalue weighted by Crippen LogP contribution is -2.19. The van der Waals surface area contributed by atoms with E-state index in [2.05, 4.69) is 9.97 Å². The normalized spacial score (nSPS) is 11.0. The Hall–Kier alpha value is -4.32. The van der Waals surface area contributed by atoms with Crippen molar-refractivity contribution in [3.05, 3.63) is 117 Å². The second-order valence-electron chi connectivity index (χ2n) is 7.20. The molecule has 2 aromatic carbocycles. The van der Waals surface area contributed by atoms with E-state index in [1.807, 2.05) is 60.7 Å². The number of benzene rings is 2. The number of hydrogen-bond donors (Lipinski definition) is 1. The number of aromatic amines is 1. The Balaban J connectivity index is 1.72. The van der Waals surface area contributed by atoms with Crippen molar-refractivity contribution in [2.24, 2.45) is 0 Å². The Bertz CT molecular complexity index is 1490. The van der Waals surface area contributed by atoms with Crippen LogP contribution in [0.3, 0.4) is 0 Å². The summed E-state index contributed by atoms with van der Waals surface area (Å²) in [6.45, 7) is 0.440. The fraction of sp³-hybridized carbons (Fsp3) is 0.0400. The van der Waals surface area contributed by atoms with Crippen LogP contribution in [0, 0.1) is 0 Å². The standard InChI is InChI=1S/C25H18N4O2/c30-20-13-14-26-25-24(20)27-23(22(28-25)18-9-5-2-6-10-18)19-11-12-21(31)29(16-19)15-17-7-3-1-4-8-17/h1-14,16H,15H2,(H,26,28,30). The van der Waals surface area contributed by atoms with Gasteiger partial charge < -0.3 is 9.55 Å². The third kappa shape index (κ3) is 3.67. The number of nitrogens with one attached hydrogen (secondary N) is 1. The van der Waals surface area contributed by atoms with Crippen molar-refractivity contribution >= 4 is 11.2 Å². The molecule has 0 saturated carbocycles. The molecule has 0 saturated heterocycles. The molecule has 0 aliphatic carbocycles. The maximum Gasteiger partial charge on any atom is 0.250 e. The van der Waals surface area contributed by atoms with Crippen LogP contribution in [-0.4, -0.2) is 19.5 Å². The van der Waals surface area contributed by atoms with Gasteiger partial charge in [-0.2, -0.15) is 0 Å². The molecule has 0 radical (unpaired) electrons. The summed E-state index contributed by atoms with van der Waals surface area (Å²) in [7, 11) is 0. The molecule has 6 nitrogen and oxygen atoms in total. The SMILES string of the molecule is O=c1cc[nH]c2nc(-c3ccccc3)c(-c3ccc(=O)n(Cc4ccccc4)c3)nc12. The summed E-state index contributed by atoms with van der Waals surface area (Å²) < 4.78 is 1.64. The predicted molar refractivity (Wildman–Crippen MR) is 121 cm³/mol. The molecule has 0 atom stereocenters. The maximum atomic E-state index is 12.5. The summed E-state index contributed by atoms with van der Waals surface area (Å²) >= 11 is 0. The molecule has 6 heteroatoms. The lowest BCUT2D eigenvalue weighted by atomic mass is 10.0. The fourth-order valence-electron chi connectivity index (χ4n) is 3.56. The van der Waals surface area contributed by atoms with Crippen LogP contribution in [0.5, 0.6) is 0 Å². The molecule has 0 aliphatic rings. The van der Waals surface area contributed by atoms with Gasteiger partial charge in [0.25, 0.3) is 5.56 Å². The molecule has 5 aromatic rings. The monoisotopic (exact) mass is 406 g/mol. The third-order valence-electron chi connectivity index (χ3n) is 5.08. The fourth-order valence-corrected chi connectivity index (χ4v) is 3.56. The predicted octanol–water partition coefficient (Wildman–Crippen LogP) is 3.86. The average Bonchev–Trinajstić information content (AvgIpc) is 2.81. The number of H-pyrrole nitrogens is 1. The topological polar surface area (TPSA) is 80.6 Å². The van der Waals surface area contributed by atoms with E-state index in [9.17, 15) is 9.59 Å². The summed E-state index contributed by atoms with van der Waals surface area (Å²) in [5, 5.41) is 0. The van der Waals surface area contributed by atoms with E-state index in [1.165, 1.54) is 12.1 Å². The van der Waals surface area contributed by atoms with Crippen LogP contribution in [-0.2, 0) is 6.54 Å². The summed E-state index contributed by atoms with van der Waals surface area (Å²) in [5.74, 6) is 0. The molecule has 0 amide bonds. The largest absolute Gasteiger partial charge is 0.345 e.